The molecule has 3 nitrogen and oxygen atoms in total. The van der Waals surface area contributed by atoms with Crippen LogP contribution < -0.4 is 5.32 Å². The van der Waals surface area contributed by atoms with Crippen molar-refractivity contribution < 1.29 is 5.11 Å². The van der Waals surface area contributed by atoms with Crippen molar-refractivity contribution in [2.75, 3.05) is 27.2 Å². The van der Waals surface area contributed by atoms with Crippen LogP contribution in [-0.2, 0) is 0 Å². The second-order valence-corrected chi connectivity index (χ2v) is 6.15. The van der Waals surface area contributed by atoms with Crippen LogP contribution in [0.1, 0.15) is 46.0 Å². The molecule has 102 valence electrons. The SMILES string of the molecule is CNCC1(O)CCC(N(C)CCC(C)C)CC1. The Hall–Kier alpha value is -0.120. The maximum absolute atomic E-state index is 10.3. The maximum atomic E-state index is 10.3. The van der Waals surface area contributed by atoms with Crippen LogP contribution in [0.15, 0.2) is 0 Å². The second-order valence-electron chi connectivity index (χ2n) is 6.15. The molecule has 0 amide bonds. The minimum absolute atomic E-state index is 0.454. The van der Waals surface area contributed by atoms with E-state index in [1.807, 2.05) is 7.05 Å². The fourth-order valence-electron chi connectivity index (χ4n) is 2.73. The van der Waals surface area contributed by atoms with Crippen molar-refractivity contribution in [2.24, 2.45) is 5.92 Å². The van der Waals surface area contributed by atoms with E-state index in [4.69, 9.17) is 0 Å². The molecule has 0 radical (unpaired) electrons. The van der Waals surface area contributed by atoms with Crippen molar-refractivity contribution >= 4 is 0 Å². The van der Waals surface area contributed by atoms with Crippen LogP contribution >= 0.6 is 0 Å². The number of aliphatic hydroxyl groups is 1. The molecule has 0 aromatic carbocycles. The molecule has 1 fully saturated rings. The first kappa shape index (κ1) is 14.9. The molecule has 0 heterocycles. The predicted molar refractivity (Wildman–Crippen MR) is 73.2 cm³/mol. The summed E-state index contributed by atoms with van der Waals surface area (Å²) < 4.78 is 0. The molecule has 0 spiro atoms. The van der Waals surface area contributed by atoms with Gasteiger partial charge in [0.05, 0.1) is 5.60 Å². The lowest BCUT2D eigenvalue weighted by molar-refractivity contribution is -0.0149. The lowest BCUT2D eigenvalue weighted by atomic mass is 9.81. The molecule has 17 heavy (non-hydrogen) atoms. The van der Waals surface area contributed by atoms with Gasteiger partial charge in [-0.25, -0.2) is 0 Å². The van der Waals surface area contributed by atoms with Crippen LogP contribution in [0.4, 0.5) is 0 Å². The molecule has 0 aromatic rings. The van der Waals surface area contributed by atoms with Crippen LogP contribution in [0.3, 0.4) is 0 Å². The first-order chi connectivity index (χ1) is 7.97. The third kappa shape index (κ3) is 4.94. The van der Waals surface area contributed by atoms with E-state index in [9.17, 15) is 5.11 Å². The highest BCUT2D eigenvalue weighted by molar-refractivity contribution is 4.89. The fraction of sp³-hybridized carbons (Fsp3) is 1.00. The second kappa shape index (κ2) is 6.72. The standard InChI is InChI=1S/C14H30N2O/c1-12(2)7-10-16(4)13-5-8-14(17,9-6-13)11-15-3/h12-13,15,17H,5-11H2,1-4H3. The largest absolute Gasteiger partial charge is 0.389 e. The fourth-order valence-corrected chi connectivity index (χ4v) is 2.73. The summed E-state index contributed by atoms with van der Waals surface area (Å²) in [4.78, 5) is 2.49. The van der Waals surface area contributed by atoms with Crippen LogP contribution in [-0.4, -0.2) is 48.8 Å². The van der Waals surface area contributed by atoms with Crippen LogP contribution in [0.2, 0.25) is 0 Å². The molecule has 0 atom stereocenters. The summed E-state index contributed by atoms with van der Waals surface area (Å²) in [5.41, 5.74) is -0.454. The molecule has 1 saturated carbocycles. The van der Waals surface area contributed by atoms with Gasteiger partial charge in [-0.1, -0.05) is 13.8 Å². The summed E-state index contributed by atoms with van der Waals surface area (Å²) in [5.74, 6) is 0.780. The highest BCUT2D eigenvalue weighted by Crippen LogP contribution is 2.30. The van der Waals surface area contributed by atoms with Gasteiger partial charge < -0.3 is 15.3 Å². The first-order valence-electron chi connectivity index (χ1n) is 7.04. The van der Waals surface area contributed by atoms with Crippen molar-refractivity contribution in [3.05, 3.63) is 0 Å². The number of likely N-dealkylation sites (N-methyl/N-ethyl adjacent to an activating group) is 1. The summed E-state index contributed by atoms with van der Waals surface area (Å²) in [6.45, 7) is 6.48. The highest BCUT2D eigenvalue weighted by atomic mass is 16.3. The molecule has 3 heteroatoms. The van der Waals surface area contributed by atoms with Gasteiger partial charge in [0.15, 0.2) is 0 Å². The topological polar surface area (TPSA) is 35.5 Å². The zero-order valence-corrected chi connectivity index (χ0v) is 12.0. The van der Waals surface area contributed by atoms with Gasteiger partial charge in [-0.3, -0.25) is 0 Å². The normalized spacial score (nSPS) is 30.2. The molecule has 0 aromatic heterocycles. The molecule has 0 unspecified atom stereocenters. The summed E-state index contributed by atoms with van der Waals surface area (Å²) in [6, 6.07) is 0.672. The van der Waals surface area contributed by atoms with E-state index in [0.717, 1.165) is 38.1 Å². The van der Waals surface area contributed by atoms with E-state index in [0.29, 0.717) is 6.04 Å². The van der Waals surface area contributed by atoms with Crippen LogP contribution in [0.5, 0.6) is 0 Å². The Labute approximate surface area is 107 Å². The molecule has 0 aliphatic heterocycles. The van der Waals surface area contributed by atoms with Crippen molar-refractivity contribution in [3.63, 3.8) is 0 Å². The van der Waals surface area contributed by atoms with Gasteiger partial charge in [0.1, 0.15) is 0 Å². The van der Waals surface area contributed by atoms with Crippen LogP contribution in [0.25, 0.3) is 0 Å². The third-order valence-electron chi connectivity index (χ3n) is 4.07. The van der Waals surface area contributed by atoms with Crippen molar-refractivity contribution in [1.29, 1.82) is 0 Å². The molecule has 1 aliphatic carbocycles. The summed E-state index contributed by atoms with van der Waals surface area (Å²) in [6.07, 6.45) is 5.41. The number of hydrogen-bond acceptors (Lipinski definition) is 3. The zero-order chi connectivity index (χ0) is 12.9. The quantitative estimate of drug-likeness (QED) is 0.746. The first-order valence-corrected chi connectivity index (χ1v) is 7.04. The average molecular weight is 242 g/mol. The van der Waals surface area contributed by atoms with E-state index >= 15 is 0 Å². The molecule has 0 saturated heterocycles. The van der Waals surface area contributed by atoms with E-state index in [1.165, 1.54) is 13.0 Å². The van der Waals surface area contributed by atoms with E-state index in [-0.39, 0.29) is 0 Å². The predicted octanol–water partition coefficient (Wildman–Crippen LogP) is 1.86. The Kier molecular flexibility index (Phi) is 5.90. The Balaban J connectivity index is 2.30. The summed E-state index contributed by atoms with van der Waals surface area (Å²) >= 11 is 0. The summed E-state index contributed by atoms with van der Waals surface area (Å²) in [5, 5.41) is 13.4. The van der Waals surface area contributed by atoms with Gasteiger partial charge in [0.2, 0.25) is 0 Å². The van der Waals surface area contributed by atoms with Gasteiger partial charge >= 0.3 is 0 Å². The van der Waals surface area contributed by atoms with Gasteiger partial charge in [0, 0.05) is 12.6 Å². The number of nitrogens with zero attached hydrogens (tertiary/aromatic N) is 1. The van der Waals surface area contributed by atoms with E-state index in [2.05, 4.69) is 31.1 Å². The van der Waals surface area contributed by atoms with Crippen molar-refractivity contribution in [2.45, 2.75) is 57.6 Å². The Morgan fingerprint density at radius 2 is 1.94 bits per heavy atom. The number of hydrogen-bond donors (Lipinski definition) is 2. The number of nitrogens with one attached hydrogen (secondary N) is 1. The van der Waals surface area contributed by atoms with Gasteiger partial charge in [-0.2, -0.15) is 0 Å². The minimum Gasteiger partial charge on any atom is -0.389 e. The van der Waals surface area contributed by atoms with Gasteiger partial charge in [-0.05, 0) is 58.7 Å². The highest BCUT2D eigenvalue weighted by Gasteiger charge is 2.33. The molecular formula is C14H30N2O. The number of rotatable bonds is 6. The minimum atomic E-state index is -0.454. The van der Waals surface area contributed by atoms with Crippen molar-refractivity contribution in [1.82, 2.24) is 10.2 Å². The molecule has 2 N–H and O–H groups in total. The van der Waals surface area contributed by atoms with E-state index < -0.39 is 5.60 Å². The molecule has 1 rings (SSSR count). The molecular weight excluding hydrogens is 212 g/mol. The average Bonchev–Trinajstić information content (AvgIpc) is 2.27. The van der Waals surface area contributed by atoms with Gasteiger partial charge in [-0.15, -0.1) is 0 Å². The third-order valence-corrected chi connectivity index (χ3v) is 4.07. The Morgan fingerprint density at radius 3 is 2.41 bits per heavy atom. The van der Waals surface area contributed by atoms with Gasteiger partial charge in [0.25, 0.3) is 0 Å². The Bertz CT molecular complexity index is 210. The zero-order valence-electron chi connectivity index (χ0n) is 12.0. The lowest BCUT2D eigenvalue weighted by Crippen LogP contribution is -2.47. The Morgan fingerprint density at radius 1 is 1.35 bits per heavy atom. The summed E-state index contributed by atoms with van der Waals surface area (Å²) in [7, 11) is 4.15. The lowest BCUT2D eigenvalue weighted by Gasteiger charge is -2.39. The smallest absolute Gasteiger partial charge is 0.0772 e. The molecule has 0 bridgehead atoms. The van der Waals surface area contributed by atoms with Crippen molar-refractivity contribution in [3.8, 4) is 0 Å². The molecule has 1 aliphatic rings. The van der Waals surface area contributed by atoms with E-state index in [1.54, 1.807) is 0 Å². The monoisotopic (exact) mass is 242 g/mol. The maximum Gasteiger partial charge on any atom is 0.0772 e. The van der Waals surface area contributed by atoms with Crippen LogP contribution in [0, 0.1) is 5.92 Å².